The van der Waals surface area contributed by atoms with Gasteiger partial charge in [0.1, 0.15) is 0 Å². The van der Waals surface area contributed by atoms with E-state index in [1.165, 1.54) is 11.1 Å². The standard InChI is InChI=1S/C16H20N2/c1-2-13-6-8-14(9-7-13)11-15(17)12-16-5-3-4-10-18-16/h3-10,15H,2,11-12,17H2,1H3. The van der Waals surface area contributed by atoms with Gasteiger partial charge < -0.3 is 5.73 Å². The SMILES string of the molecule is CCc1ccc(CC(N)Cc2ccccn2)cc1. The smallest absolute Gasteiger partial charge is 0.0419 e. The first kappa shape index (κ1) is 12.8. The largest absolute Gasteiger partial charge is 0.327 e. The van der Waals surface area contributed by atoms with Crippen molar-refractivity contribution in [3.63, 3.8) is 0 Å². The van der Waals surface area contributed by atoms with Gasteiger partial charge in [-0.3, -0.25) is 4.98 Å². The van der Waals surface area contributed by atoms with E-state index in [0.717, 1.165) is 25.0 Å². The third-order valence-electron chi connectivity index (χ3n) is 3.13. The van der Waals surface area contributed by atoms with E-state index >= 15 is 0 Å². The van der Waals surface area contributed by atoms with E-state index in [9.17, 15) is 0 Å². The second kappa shape index (κ2) is 6.31. The second-order valence-electron chi connectivity index (χ2n) is 4.66. The maximum atomic E-state index is 6.17. The zero-order chi connectivity index (χ0) is 12.8. The van der Waals surface area contributed by atoms with E-state index < -0.39 is 0 Å². The molecule has 0 amide bonds. The van der Waals surface area contributed by atoms with Gasteiger partial charge >= 0.3 is 0 Å². The lowest BCUT2D eigenvalue weighted by Crippen LogP contribution is -2.25. The number of hydrogen-bond acceptors (Lipinski definition) is 2. The third kappa shape index (κ3) is 3.67. The molecule has 0 fully saturated rings. The molecule has 2 rings (SSSR count). The number of pyridine rings is 1. The first-order chi connectivity index (χ1) is 8.78. The average molecular weight is 240 g/mol. The van der Waals surface area contributed by atoms with E-state index in [0.29, 0.717) is 0 Å². The summed E-state index contributed by atoms with van der Waals surface area (Å²) < 4.78 is 0. The number of aromatic nitrogens is 1. The van der Waals surface area contributed by atoms with E-state index in [1.807, 2.05) is 24.4 Å². The van der Waals surface area contributed by atoms with Gasteiger partial charge in [0.15, 0.2) is 0 Å². The summed E-state index contributed by atoms with van der Waals surface area (Å²) in [4.78, 5) is 4.31. The molecule has 0 saturated heterocycles. The van der Waals surface area contributed by atoms with Gasteiger partial charge in [0.2, 0.25) is 0 Å². The molecular weight excluding hydrogens is 220 g/mol. The van der Waals surface area contributed by atoms with Crippen LogP contribution in [0.15, 0.2) is 48.7 Å². The summed E-state index contributed by atoms with van der Waals surface area (Å²) in [5, 5.41) is 0. The van der Waals surface area contributed by atoms with E-state index in [2.05, 4.69) is 36.2 Å². The first-order valence-corrected chi connectivity index (χ1v) is 6.51. The normalized spacial score (nSPS) is 12.3. The lowest BCUT2D eigenvalue weighted by molar-refractivity contribution is 0.654. The number of aryl methyl sites for hydroxylation is 1. The van der Waals surface area contributed by atoms with Gasteiger partial charge in [0, 0.05) is 24.4 Å². The van der Waals surface area contributed by atoms with Gasteiger partial charge in [-0.1, -0.05) is 37.3 Å². The molecule has 0 spiro atoms. The minimum Gasteiger partial charge on any atom is -0.327 e. The Balaban J connectivity index is 1.92. The Morgan fingerprint density at radius 3 is 2.33 bits per heavy atom. The molecule has 0 aliphatic rings. The first-order valence-electron chi connectivity index (χ1n) is 6.51. The van der Waals surface area contributed by atoms with Crippen molar-refractivity contribution in [2.75, 3.05) is 0 Å². The van der Waals surface area contributed by atoms with Crippen molar-refractivity contribution in [2.45, 2.75) is 32.2 Å². The van der Waals surface area contributed by atoms with Crippen LogP contribution in [0.3, 0.4) is 0 Å². The van der Waals surface area contributed by atoms with Crippen LogP contribution in [0.5, 0.6) is 0 Å². The minimum absolute atomic E-state index is 0.132. The summed E-state index contributed by atoms with van der Waals surface area (Å²) in [6, 6.07) is 14.8. The molecule has 2 nitrogen and oxygen atoms in total. The molecule has 1 unspecified atom stereocenters. The van der Waals surface area contributed by atoms with Gasteiger partial charge in [-0.15, -0.1) is 0 Å². The highest BCUT2D eigenvalue weighted by Gasteiger charge is 2.06. The van der Waals surface area contributed by atoms with Gasteiger partial charge in [-0.05, 0) is 36.1 Å². The quantitative estimate of drug-likeness (QED) is 0.872. The second-order valence-corrected chi connectivity index (χ2v) is 4.66. The molecule has 0 aliphatic heterocycles. The molecule has 0 saturated carbocycles. The Morgan fingerprint density at radius 2 is 1.72 bits per heavy atom. The predicted molar refractivity (Wildman–Crippen MR) is 75.4 cm³/mol. The van der Waals surface area contributed by atoms with Gasteiger partial charge in [0.25, 0.3) is 0 Å². The zero-order valence-corrected chi connectivity index (χ0v) is 10.8. The van der Waals surface area contributed by atoms with E-state index in [1.54, 1.807) is 0 Å². The van der Waals surface area contributed by atoms with E-state index in [-0.39, 0.29) is 6.04 Å². The van der Waals surface area contributed by atoms with Crippen molar-refractivity contribution in [1.82, 2.24) is 4.98 Å². The molecule has 1 aromatic carbocycles. The Hall–Kier alpha value is -1.67. The van der Waals surface area contributed by atoms with Crippen LogP contribution >= 0.6 is 0 Å². The fourth-order valence-electron chi connectivity index (χ4n) is 2.07. The number of hydrogen-bond donors (Lipinski definition) is 1. The van der Waals surface area contributed by atoms with Crippen LogP contribution in [0.4, 0.5) is 0 Å². The van der Waals surface area contributed by atoms with Crippen molar-refractivity contribution >= 4 is 0 Å². The van der Waals surface area contributed by atoms with Gasteiger partial charge in [0.05, 0.1) is 0 Å². The molecular formula is C16H20N2. The number of rotatable bonds is 5. The van der Waals surface area contributed by atoms with Gasteiger partial charge in [-0.25, -0.2) is 0 Å². The summed E-state index contributed by atoms with van der Waals surface area (Å²) in [6.07, 6.45) is 4.63. The Kier molecular flexibility index (Phi) is 4.48. The summed E-state index contributed by atoms with van der Waals surface area (Å²) in [6.45, 7) is 2.17. The molecule has 2 heteroatoms. The Labute approximate surface area is 109 Å². The van der Waals surface area contributed by atoms with Crippen LogP contribution < -0.4 is 5.73 Å². The lowest BCUT2D eigenvalue weighted by atomic mass is 10.0. The van der Waals surface area contributed by atoms with E-state index in [4.69, 9.17) is 5.73 Å². The van der Waals surface area contributed by atoms with Crippen molar-refractivity contribution < 1.29 is 0 Å². The number of nitrogens with two attached hydrogens (primary N) is 1. The topological polar surface area (TPSA) is 38.9 Å². The molecule has 1 aromatic heterocycles. The van der Waals surface area contributed by atoms with Crippen LogP contribution in [-0.4, -0.2) is 11.0 Å². The number of nitrogens with zero attached hydrogens (tertiary/aromatic N) is 1. The summed E-state index contributed by atoms with van der Waals surface area (Å²) >= 11 is 0. The van der Waals surface area contributed by atoms with Crippen molar-refractivity contribution in [3.8, 4) is 0 Å². The van der Waals surface area contributed by atoms with Crippen molar-refractivity contribution in [3.05, 3.63) is 65.5 Å². The fourth-order valence-corrected chi connectivity index (χ4v) is 2.07. The Morgan fingerprint density at radius 1 is 1.00 bits per heavy atom. The summed E-state index contributed by atoms with van der Waals surface area (Å²) in [5.41, 5.74) is 9.91. The van der Waals surface area contributed by atoms with Gasteiger partial charge in [-0.2, -0.15) is 0 Å². The summed E-state index contributed by atoms with van der Waals surface area (Å²) in [5.74, 6) is 0. The van der Waals surface area contributed by atoms with Crippen LogP contribution in [0, 0.1) is 0 Å². The highest BCUT2D eigenvalue weighted by atomic mass is 14.7. The van der Waals surface area contributed by atoms with Crippen LogP contribution in [0.1, 0.15) is 23.7 Å². The molecule has 18 heavy (non-hydrogen) atoms. The van der Waals surface area contributed by atoms with Crippen molar-refractivity contribution in [2.24, 2.45) is 5.73 Å². The Bertz CT molecular complexity index is 462. The minimum atomic E-state index is 0.132. The van der Waals surface area contributed by atoms with Crippen LogP contribution in [-0.2, 0) is 19.3 Å². The maximum absolute atomic E-state index is 6.17. The average Bonchev–Trinajstić information content (AvgIpc) is 2.40. The molecule has 0 bridgehead atoms. The highest BCUT2D eigenvalue weighted by molar-refractivity contribution is 5.23. The molecule has 94 valence electrons. The molecule has 1 heterocycles. The van der Waals surface area contributed by atoms with Crippen molar-refractivity contribution in [1.29, 1.82) is 0 Å². The maximum Gasteiger partial charge on any atom is 0.0419 e. The lowest BCUT2D eigenvalue weighted by Gasteiger charge is -2.11. The highest BCUT2D eigenvalue weighted by Crippen LogP contribution is 2.09. The predicted octanol–water partition coefficient (Wildman–Crippen LogP) is 2.76. The molecule has 2 N–H and O–H groups in total. The molecule has 1 atom stereocenters. The molecule has 2 aromatic rings. The fraction of sp³-hybridized carbons (Fsp3) is 0.312. The zero-order valence-electron chi connectivity index (χ0n) is 10.8. The van der Waals surface area contributed by atoms with Crippen LogP contribution in [0.25, 0.3) is 0 Å². The molecule has 0 aliphatic carbocycles. The number of benzene rings is 1. The summed E-state index contributed by atoms with van der Waals surface area (Å²) in [7, 11) is 0. The third-order valence-corrected chi connectivity index (χ3v) is 3.13. The monoisotopic (exact) mass is 240 g/mol. The molecule has 0 radical (unpaired) electrons. The van der Waals surface area contributed by atoms with Crippen LogP contribution in [0.2, 0.25) is 0 Å².